The molecule has 9 heteroatoms. The summed E-state index contributed by atoms with van der Waals surface area (Å²) in [5.74, 6) is -0.00677. The highest BCUT2D eigenvalue weighted by atomic mass is 35.5. The van der Waals surface area contributed by atoms with Crippen LogP contribution in [0.25, 0.3) is 5.78 Å². The first-order valence-electron chi connectivity index (χ1n) is 7.40. The maximum absolute atomic E-state index is 12.8. The predicted octanol–water partition coefficient (Wildman–Crippen LogP) is 2.24. The van der Waals surface area contributed by atoms with Gasteiger partial charge in [0.05, 0.1) is 18.6 Å². The van der Waals surface area contributed by atoms with Gasteiger partial charge in [0.2, 0.25) is 0 Å². The Morgan fingerprint density at radius 2 is 2.20 bits per heavy atom. The Kier molecular flexibility index (Phi) is 5.10. The van der Waals surface area contributed by atoms with Gasteiger partial charge < -0.3 is 4.74 Å². The summed E-state index contributed by atoms with van der Waals surface area (Å²) in [6.45, 7) is 1.78. The van der Waals surface area contributed by atoms with E-state index in [0.29, 0.717) is 27.9 Å². The van der Waals surface area contributed by atoms with Gasteiger partial charge in [-0.05, 0) is 24.6 Å². The van der Waals surface area contributed by atoms with Crippen molar-refractivity contribution in [1.29, 1.82) is 0 Å². The van der Waals surface area contributed by atoms with Crippen LogP contribution in [0, 0.1) is 6.92 Å². The van der Waals surface area contributed by atoms with Crippen LogP contribution in [0.1, 0.15) is 16.8 Å². The number of halogens is 1. The molecule has 0 atom stereocenters. The molecule has 0 saturated heterocycles. The van der Waals surface area contributed by atoms with E-state index in [2.05, 4.69) is 19.8 Å². The summed E-state index contributed by atoms with van der Waals surface area (Å²) in [7, 11) is 1.32. The number of carbonyl (C=O) groups is 1. The molecular formula is C16H15ClN4O3S. The maximum atomic E-state index is 12.8. The zero-order valence-corrected chi connectivity index (χ0v) is 15.1. The van der Waals surface area contributed by atoms with Crippen molar-refractivity contribution in [1.82, 2.24) is 19.6 Å². The van der Waals surface area contributed by atoms with Gasteiger partial charge in [-0.15, -0.1) is 0 Å². The molecule has 0 aliphatic rings. The number of thioether (sulfide) groups is 1. The number of nitrogens with one attached hydrogen (secondary N) is 1. The molecule has 0 aliphatic carbocycles. The summed E-state index contributed by atoms with van der Waals surface area (Å²) in [6.07, 6.45) is 0.421. The number of aromatic amines is 1. The number of hydrogen-bond donors (Lipinski definition) is 1. The van der Waals surface area contributed by atoms with Crippen LogP contribution in [0.4, 0.5) is 0 Å². The Morgan fingerprint density at radius 3 is 2.92 bits per heavy atom. The van der Waals surface area contributed by atoms with E-state index in [1.165, 1.54) is 11.6 Å². The molecule has 0 spiro atoms. The lowest BCUT2D eigenvalue weighted by molar-refractivity contribution is -0.137. The second-order valence-electron chi connectivity index (χ2n) is 5.32. The zero-order valence-electron chi connectivity index (χ0n) is 13.6. The fourth-order valence-electron chi connectivity index (χ4n) is 2.34. The molecular weight excluding hydrogens is 364 g/mol. The second kappa shape index (κ2) is 7.28. The van der Waals surface area contributed by atoms with Crippen LogP contribution in [0.3, 0.4) is 0 Å². The number of carbonyl (C=O) groups excluding carboxylic acids is 1. The summed E-state index contributed by atoms with van der Waals surface area (Å²) in [6, 6.07) is 7.35. The molecule has 0 bridgehead atoms. The molecule has 7 nitrogen and oxygen atoms in total. The zero-order chi connectivity index (χ0) is 18.0. The van der Waals surface area contributed by atoms with Crippen LogP contribution in [-0.4, -0.2) is 38.4 Å². The highest BCUT2D eigenvalue weighted by Crippen LogP contribution is 2.16. The minimum Gasteiger partial charge on any atom is -0.468 e. The average Bonchev–Trinajstić information content (AvgIpc) is 2.99. The van der Waals surface area contributed by atoms with Crippen molar-refractivity contribution in [2.45, 2.75) is 18.5 Å². The first-order chi connectivity index (χ1) is 12.0. The third-order valence-corrected chi connectivity index (χ3v) is 4.67. The molecule has 130 valence electrons. The van der Waals surface area contributed by atoms with Gasteiger partial charge >= 0.3 is 5.97 Å². The van der Waals surface area contributed by atoms with E-state index in [1.807, 2.05) is 18.2 Å². The van der Waals surface area contributed by atoms with Gasteiger partial charge in [-0.3, -0.25) is 14.7 Å². The summed E-state index contributed by atoms with van der Waals surface area (Å²) >= 11 is 7.15. The first kappa shape index (κ1) is 17.5. The SMILES string of the molecule is COC(=O)CSc1nc2nc(C)c(Cc3cccc(Cl)c3)c(=O)n2[nH]1. The monoisotopic (exact) mass is 378 g/mol. The van der Waals surface area contributed by atoms with E-state index >= 15 is 0 Å². The molecule has 3 aromatic rings. The number of hydrogen-bond acceptors (Lipinski definition) is 6. The van der Waals surface area contributed by atoms with Crippen molar-refractivity contribution in [2.24, 2.45) is 0 Å². The van der Waals surface area contributed by atoms with Crippen LogP contribution < -0.4 is 5.56 Å². The largest absolute Gasteiger partial charge is 0.468 e. The Labute approximate surface area is 152 Å². The minimum atomic E-state index is -0.372. The highest BCUT2D eigenvalue weighted by Gasteiger charge is 2.15. The van der Waals surface area contributed by atoms with Crippen LogP contribution in [0.15, 0.2) is 34.2 Å². The van der Waals surface area contributed by atoms with Crippen molar-refractivity contribution in [3.05, 3.63) is 56.5 Å². The third-order valence-electron chi connectivity index (χ3n) is 3.60. The quantitative estimate of drug-likeness (QED) is 0.541. The van der Waals surface area contributed by atoms with Crippen LogP contribution >= 0.6 is 23.4 Å². The van der Waals surface area contributed by atoms with Gasteiger partial charge in [0, 0.05) is 17.0 Å². The number of aromatic nitrogens is 4. The van der Waals surface area contributed by atoms with E-state index in [1.54, 1.807) is 13.0 Å². The van der Waals surface area contributed by atoms with Gasteiger partial charge in [0.1, 0.15) is 0 Å². The molecule has 2 aromatic heterocycles. The molecule has 1 aromatic carbocycles. The number of nitrogens with zero attached hydrogens (tertiary/aromatic N) is 3. The van der Waals surface area contributed by atoms with E-state index in [-0.39, 0.29) is 23.1 Å². The lowest BCUT2D eigenvalue weighted by Gasteiger charge is -2.05. The number of benzene rings is 1. The molecule has 0 saturated carbocycles. The second-order valence-corrected chi connectivity index (χ2v) is 6.72. The van der Waals surface area contributed by atoms with Gasteiger partial charge in [0.15, 0.2) is 5.16 Å². The molecule has 0 fully saturated rings. The Balaban J connectivity index is 1.95. The standard InChI is InChI=1S/C16H15ClN4O3S/c1-9-12(7-10-4-3-5-11(17)6-10)14(23)21-15(18-9)19-16(20-21)25-8-13(22)24-2/h3-6H,7-8H2,1-2H3,(H,18,19,20). The van der Waals surface area contributed by atoms with Gasteiger partial charge in [-0.2, -0.15) is 9.50 Å². The van der Waals surface area contributed by atoms with Crippen molar-refractivity contribution in [3.63, 3.8) is 0 Å². The van der Waals surface area contributed by atoms with Crippen molar-refractivity contribution in [3.8, 4) is 0 Å². The van der Waals surface area contributed by atoms with Gasteiger partial charge in [-0.1, -0.05) is 35.5 Å². The van der Waals surface area contributed by atoms with E-state index in [0.717, 1.165) is 17.3 Å². The Morgan fingerprint density at radius 1 is 1.40 bits per heavy atom. The molecule has 0 amide bonds. The number of H-pyrrole nitrogens is 1. The fourth-order valence-corrected chi connectivity index (χ4v) is 3.23. The molecule has 2 heterocycles. The summed E-state index contributed by atoms with van der Waals surface area (Å²) < 4.78 is 5.87. The van der Waals surface area contributed by atoms with Crippen LogP contribution in [0.2, 0.25) is 5.02 Å². The molecule has 25 heavy (non-hydrogen) atoms. The van der Waals surface area contributed by atoms with Crippen molar-refractivity contribution >= 4 is 35.1 Å². The molecule has 3 rings (SSSR count). The summed E-state index contributed by atoms with van der Waals surface area (Å²) in [5, 5.41) is 3.91. The summed E-state index contributed by atoms with van der Waals surface area (Å²) in [5.41, 5.74) is 1.88. The lowest BCUT2D eigenvalue weighted by atomic mass is 10.1. The van der Waals surface area contributed by atoms with Gasteiger partial charge in [0.25, 0.3) is 11.3 Å². The van der Waals surface area contributed by atoms with Crippen LogP contribution in [-0.2, 0) is 16.0 Å². The molecule has 0 unspecified atom stereocenters. The smallest absolute Gasteiger partial charge is 0.316 e. The number of ether oxygens (including phenoxy) is 1. The van der Waals surface area contributed by atoms with Crippen molar-refractivity contribution in [2.75, 3.05) is 12.9 Å². The topological polar surface area (TPSA) is 89.3 Å². The fraction of sp³-hybridized carbons (Fsp3) is 0.250. The Bertz CT molecular complexity index is 999. The molecule has 0 aliphatic heterocycles. The van der Waals surface area contributed by atoms with Crippen LogP contribution in [0.5, 0.6) is 0 Å². The number of methoxy groups -OCH3 is 1. The normalized spacial score (nSPS) is 11.0. The van der Waals surface area contributed by atoms with Gasteiger partial charge in [-0.25, -0.2) is 4.98 Å². The average molecular weight is 379 g/mol. The third kappa shape index (κ3) is 3.85. The minimum absolute atomic E-state index is 0.0967. The number of esters is 1. The molecule has 1 N–H and O–H groups in total. The molecule has 0 radical (unpaired) electrons. The number of aryl methyl sites for hydroxylation is 1. The number of rotatable bonds is 5. The highest BCUT2D eigenvalue weighted by molar-refractivity contribution is 7.99. The Hall–Kier alpha value is -2.32. The number of fused-ring (bicyclic) bond motifs is 1. The maximum Gasteiger partial charge on any atom is 0.316 e. The van der Waals surface area contributed by atoms with E-state index in [4.69, 9.17) is 11.6 Å². The summed E-state index contributed by atoms with van der Waals surface area (Å²) in [4.78, 5) is 32.6. The lowest BCUT2D eigenvalue weighted by Crippen LogP contribution is -2.22. The van der Waals surface area contributed by atoms with E-state index < -0.39 is 0 Å². The first-order valence-corrected chi connectivity index (χ1v) is 8.76. The van der Waals surface area contributed by atoms with E-state index in [9.17, 15) is 9.59 Å². The van der Waals surface area contributed by atoms with Crippen molar-refractivity contribution < 1.29 is 9.53 Å². The predicted molar refractivity (Wildman–Crippen MR) is 95.3 cm³/mol.